The first kappa shape index (κ1) is 17.2. The van der Waals surface area contributed by atoms with Gasteiger partial charge in [-0.05, 0) is 37.6 Å². The Morgan fingerprint density at radius 1 is 1.25 bits per heavy atom. The van der Waals surface area contributed by atoms with Gasteiger partial charge in [0.25, 0.3) is 0 Å². The Kier molecular flexibility index (Phi) is 5.70. The van der Waals surface area contributed by atoms with E-state index in [1.54, 1.807) is 31.2 Å². The van der Waals surface area contributed by atoms with Crippen LogP contribution in [0.25, 0.3) is 0 Å². The number of Topliss-reactive ketones (excluding diaryl/α,β-unsaturated/α-hetero) is 1. The van der Waals surface area contributed by atoms with E-state index < -0.39 is 0 Å². The molecule has 6 nitrogen and oxygen atoms in total. The summed E-state index contributed by atoms with van der Waals surface area (Å²) in [4.78, 5) is 16.4. The van der Waals surface area contributed by atoms with Crippen LogP contribution in [0.3, 0.4) is 0 Å². The van der Waals surface area contributed by atoms with Crippen molar-refractivity contribution in [2.75, 3.05) is 6.61 Å². The average molecular weight is 322 g/mol. The molecule has 1 aromatic carbocycles. The van der Waals surface area contributed by atoms with Crippen LogP contribution < -0.4 is 4.74 Å². The summed E-state index contributed by atoms with van der Waals surface area (Å²) in [6.45, 7) is 4.38. The van der Waals surface area contributed by atoms with E-state index in [0.717, 1.165) is 18.6 Å². The van der Waals surface area contributed by atoms with Crippen molar-refractivity contribution < 1.29 is 9.53 Å². The molecule has 0 aliphatic heterocycles. The van der Waals surface area contributed by atoms with E-state index in [1.807, 2.05) is 12.1 Å². The van der Waals surface area contributed by atoms with Crippen LogP contribution in [0.15, 0.2) is 24.3 Å². The van der Waals surface area contributed by atoms with Crippen molar-refractivity contribution in [1.29, 1.82) is 10.5 Å². The Morgan fingerprint density at radius 2 is 1.96 bits per heavy atom. The predicted molar refractivity (Wildman–Crippen MR) is 87.6 cm³/mol. The molecule has 2 aromatic rings. The summed E-state index contributed by atoms with van der Waals surface area (Å²) >= 11 is 0. The van der Waals surface area contributed by atoms with E-state index in [9.17, 15) is 10.1 Å². The maximum atomic E-state index is 12.4. The number of imidazole rings is 1. The van der Waals surface area contributed by atoms with E-state index in [2.05, 4.69) is 11.9 Å². The molecule has 0 unspecified atom stereocenters. The molecule has 6 heteroatoms. The van der Waals surface area contributed by atoms with E-state index in [1.165, 1.54) is 4.57 Å². The molecule has 0 saturated carbocycles. The number of aromatic nitrogens is 2. The Bertz CT molecular complexity index is 807. The maximum absolute atomic E-state index is 12.4. The van der Waals surface area contributed by atoms with Gasteiger partial charge in [-0.1, -0.05) is 13.3 Å². The highest BCUT2D eigenvalue weighted by molar-refractivity contribution is 5.96. The molecule has 0 bridgehead atoms. The van der Waals surface area contributed by atoms with Crippen LogP contribution in [0.4, 0.5) is 0 Å². The molecule has 2 rings (SSSR count). The van der Waals surface area contributed by atoms with Crippen molar-refractivity contribution >= 4 is 5.78 Å². The van der Waals surface area contributed by atoms with Gasteiger partial charge in [-0.25, -0.2) is 4.98 Å². The second-order valence-electron chi connectivity index (χ2n) is 5.32. The van der Waals surface area contributed by atoms with Gasteiger partial charge in [-0.15, -0.1) is 0 Å². The second kappa shape index (κ2) is 7.94. The van der Waals surface area contributed by atoms with Crippen LogP contribution in [0.2, 0.25) is 0 Å². The lowest BCUT2D eigenvalue weighted by Gasteiger charge is -2.08. The average Bonchev–Trinajstić information content (AvgIpc) is 2.90. The fourth-order valence-electron chi connectivity index (χ4n) is 2.26. The molecular weight excluding hydrogens is 304 g/mol. The summed E-state index contributed by atoms with van der Waals surface area (Å²) in [5, 5.41) is 18.2. The molecule has 0 spiro atoms. The first-order valence-corrected chi connectivity index (χ1v) is 7.74. The molecule has 0 atom stereocenters. The van der Waals surface area contributed by atoms with E-state index in [-0.39, 0.29) is 23.7 Å². The highest BCUT2D eigenvalue weighted by Crippen LogP contribution is 2.15. The van der Waals surface area contributed by atoms with E-state index in [4.69, 9.17) is 10.00 Å². The minimum absolute atomic E-state index is 0.0283. The molecular formula is C18H18N4O2. The molecule has 0 fully saturated rings. The fourth-order valence-corrected chi connectivity index (χ4v) is 2.26. The molecule has 0 aliphatic rings. The van der Waals surface area contributed by atoms with Gasteiger partial charge in [0.05, 0.1) is 13.2 Å². The lowest BCUT2D eigenvalue weighted by Crippen LogP contribution is -2.13. The number of aryl methyl sites for hydroxylation is 1. The molecule has 0 amide bonds. The summed E-state index contributed by atoms with van der Waals surface area (Å²) in [7, 11) is 0. The SMILES string of the molecule is CCCCOc1ccc(C(=O)Cn2c(C)nc(C#N)c2C#N)cc1. The van der Waals surface area contributed by atoms with Gasteiger partial charge in [0.2, 0.25) is 0 Å². The molecule has 122 valence electrons. The van der Waals surface area contributed by atoms with Crippen LogP contribution >= 0.6 is 0 Å². The van der Waals surface area contributed by atoms with Gasteiger partial charge >= 0.3 is 0 Å². The third kappa shape index (κ3) is 3.80. The number of unbranched alkanes of at least 4 members (excludes halogenated alkanes) is 1. The van der Waals surface area contributed by atoms with Gasteiger partial charge in [-0.3, -0.25) is 4.79 Å². The smallest absolute Gasteiger partial charge is 0.182 e. The zero-order valence-corrected chi connectivity index (χ0v) is 13.7. The van der Waals surface area contributed by atoms with Gasteiger partial charge < -0.3 is 9.30 Å². The first-order valence-electron chi connectivity index (χ1n) is 7.74. The Labute approximate surface area is 140 Å². The third-order valence-electron chi connectivity index (χ3n) is 3.61. The minimum Gasteiger partial charge on any atom is -0.494 e. The number of hydrogen-bond acceptors (Lipinski definition) is 5. The number of benzene rings is 1. The molecule has 0 saturated heterocycles. The van der Waals surface area contributed by atoms with Gasteiger partial charge in [0.15, 0.2) is 17.2 Å². The Morgan fingerprint density at radius 3 is 2.54 bits per heavy atom. The Hall–Kier alpha value is -3.12. The highest BCUT2D eigenvalue weighted by atomic mass is 16.5. The van der Waals surface area contributed by atoms with Crippen molar-refractivity contribution in [2.24, 2.45) is 0 Å². The monoisotopic (exact) mass is 322 g/mol. The van der Waals surface area contributed by atoms with Gasteiger partial charge in [-0.2, -0.15) is 10.5 Å². The highest BCUT2D eigenvalue weighted by Gasteiger charge is 2.17. The van der Waals surface area contributed by atoms with Crippen molar-refractivity contribution in [1.82, 2.24) is 9.55 Å². The normalized spacial score (nSPS) is 10.0. The van der Waals surface area contributed by atoms with Crippen molar-refractivity contribution in [3.05, 3.63) is 47.0 Å². The van der Waals surface area contributed by atoms with Gasteiger partial charge in [0.1, 0.15) is 23.7 Å². The lowest BCUT2D eigenvalue weighted by atomic mass is 10.1. The van der Waals surface area contributed by atoms with Crippen molar-refractivity contribution in [3.8, 4) is 17.9 Å². The topological polar surface area (TPSA) is 91.7 Å². The number of carbonyl (C=O) groups excluding carboxylic acids is 1. The Balaban J connectivity index is 2.12. The number of ether oxygens (including phenoxy) is 1. The van der Waals surface area contributed by atoms with Crippen LogP contribution in [0.5, 0.6) is 5.75 Å². The number of hydrogen-bond donors (Lipinski definition) is 0. The molecule has 24 heavy (non-hydrogen) atoms. The summed E-state index contributed by atoms with van der Waals surface area (Å²) in [6, 6.07) is 10.7. The molecule has 0 N–H and O–H groups in total. The lowest BCUT2D eigenvalue weighted by molar-refractivity contribution is 0.0971. The number of carbonyl (C=O) groups is 1. The standard InChI is InChI=1S/C18H18N4O2/c1-3-4-9-24-15-7-5-14(6-8-15)18(23)12-22-13(2)21-16(10-19)17(22)11-20/h5-8H,3-4,9,12H2,1-2H3. The third-order valence-corrected chi connectivity index (χ3v) is 3.61. The summed E-state index contributed by atoms with van der Waals surface area (Å²) in [5.74, 6) is 1.04. The number of nitrogens with zero attached hydrogens (tertiary/aromatic N) is 4. The van der Waals surface area contributed by atoms with Gasteiger partial charge in [0, 0.05) is 5.56 Å². The summed E-state index contributed by atoms with van der Waals surface area (Å²) in [5.41, 5.74) is 0.679. The minimum atomic E-state index is -0.156. The molecule has 0 radical (unpaired) electrons. The zero-order valence-electron chi connectivity index (χ0n) is 13.7. The molecule has 0 aliphatic carbocycles. The first-order chi connectivity index (χ1) is 11.6. The van der Waals surface area contributed by atoms with Crippen LogP contribution in [-0.4, -0.2) is 21.9 Å². The maximum Gasteiger partial charge on any atom is 0.182 e. The number of ketones is 1. The number of nitriles is 2. The fraction of sp³-hybridized carbons (Fsp3) is 0.333. The molecule has 1 heterocycles. The van der Waals surface area contributed by atoms with Crippen molar-refractivity contribution in [3.63, 3.8) is 0 Å². The second-order valence-corrected chi connectivity index (χ2v) is 5.32. The molecule has 1 aromatic heterocycles. The number of rotatable bonds is 7. The van der Waals surface area contributed by atoms with E-state index >= 15 is 0 Å². The summed E-state index contributed by atoms with van der Waals surface area (Å²) in [6.07, 6.45) is 2.05. The van der Waals surface area contributed by atoms with Crippen LogP contribution in [0.1, 0.15) is 47.3 Å². The predicted octanol–water partition coefficient (Wildman–Crippen LogP) is 3.00. The van der Waals surface area contributed by atoms with Crippen LogP contribution in [-0.2, 0) is 6.54 Å². The zero-order chi connectivity index (χ0) is 17.5. The largest absolute Gasteiger partial charge is 0.494 e. The van der Waals surface area contributed by atoms with Crippen LogP contribution in [0, 0.1) is 29.6 Å². The summed E-state index contributed by atoms with van der Waals surface area (Å²) < 4.78 is 7.03. The van der Waals surface area contributed by atoms with Crippen molar-refractivity contribution in [2.45, 2.75) is 33.2 Å². The quantitative estimate of drug-likeness (QED) is 0.577. The van der Waals surface area contributed by atoms with E-state index in [0.29, 0.717) is 18.0 Å².